The number of carbonyl (C=O) groups excluding carboxylic acids is 1. The molecular formula is C14H19NO4S. The summed E-state index contributed by atoms with van der Waals surface area (Å²) in [6, 6.07) is 8.30. The van der Waals surface area contributed by atoms with Gasteiger partial charge in [0.05, 0.1) is 0 Å². The van der Waals surface area contributed by atoms with Gasteiger partial charge in [0.25, 0.3) is 0 Å². The summed E-state index contributed by atoms with van der Waals surface area (Å²) < 4.78 is 4.99. The Kier molecular flexibility index (Phi) is 7.57. The largest absolute Gasteiger partial charge is 0.480 e. The van der Waals surface area contributed by atoms with Gasteiger partial charge in [-0.3, -0.25) is 0 Å². The number of amides is 1. The van der Waals surface area contributed by atoms with Gasteiger partial charge in [-0.2, -0.15) is 11.8 Å². The molecule has 6 heteroatoms. The number of thioether (sulfide) groups is 1. The van der Waals surface area contributed by atoms with Crippen molar-refractivity contribution in [1.82, 2.24) is 5.32 Å². The van der Waals surface area contributed by atoms with Crippen molar-refractivity contribution in [2.75, 3.05) is 11.5 Å². The molecule has 110 valence electrons. The zero-order valence-corrected chi connectivity index (χ0v) is 12.2. The first-order valence-electron chi connectivity index (χ1n) is 6.41. The smallest absolute Gasteiger partial charge is 0.408 e. The second-order valence-corrected chi connectivity index (χ2v) is 5.32. The van der Waals surface area contributed by atoms with Crippen LogP contribution < -0.4 is 5.32 Å². The van der Waals surface area contributed by atoms with Crippen LogP contribution in [-0.4, -0.2) is 34.7 Å². The zero-order valence-electron chi connectivity index (χ0n) is 11.4. The van der Waals surface area contributed by atoms with E-state index < -0.39 is 18.1 Å². The van der Waals surface area contributed by atoms with Crippen molar-refractivity contribution in [3.8, 4) is 0 Å². The van der Waals surface area contributed by atoms with Crippen molar-refractivity contribution in [2.45, 2.75) is 26.0 Å². The highest BCUT2D eigenvalue weighted by Gasteiger charge is 2.20. The average Bonchev–Trinajstić information content (AvgIpc) is 2.45. The van der Waals surface area contributed by atoms with Gasteiger partial charge in [-0.25, -0.2) is 9.59 Å². The summed E-state index contributed by atoms with van der Waals surface area (Å²) in [5, 5.41) is 11.4. The molecule has 2 N–H and O–H groups in total. The van der Waals surface area contributed by atoms with E-state index in [1.54, 1.807) is 0 Å². The van der Waals surface area contributed by atoms with Crippen LogP contribution in [0.15, 0.2) is 30.3 Å². The molecule has 0 aliphatic carbocycles. The highest BCUT2D eigenvalue weighted by molar-refractivity contribution is 7.99. The highest BCUT2D eigenvalue weighted by atomic mass is 32.2. The Balaban J connectivity index is 2.36. The molecule has 0 saturated carbocycles. The molecule has 0 saturated heterocycles. The van der Waals surface area contributed by atoms with Gasteiger partial charge in [0.1, 0.15) is 12.6 Å². The summed E-state index contributed by atoms with van der Waals surface area (Å²) in [5.74, 6) is 0.152. The Labute approximate surface area is 122 Å². The minimum atomic E-state index is -1.05. The number of benzene rings is 1. The Morgan fingerprint density at radius 3 is 2.65 bits per heavy atom. The lowest BCUT2D eigenvalue weighted by atomic mass is 10.2. The lowest BCUT2D eigenvalue weighted by Gasteiger charge is -2.14. The topological polar surface area (TPSA) is 75.6 Å². The van der Waals surface area contributed by atoms with E-state index in [4.69, 9.17) is 9.84 Å². The first-order chi connectivity index (χ1) is 9.63. The first kappa shape index (κ1) is 16.4. The van der Waals surface area contributed by atoms with Crippen LogP contribution in [0.4, 0.5) is 4.79 Å². The maximum absolute atomic E-state index is 11.6. The van der Waals surface area contributed by atoms with Gasteiger partial charge in [0, 0.05) is 5.75 Å². The van der Waals surface area contributed by atoms with Gasteiger partial charge in [-0.15, -0.1) is 0 Å². The molecule has 0 fully saturated rings. The number of carbonyl (C=O) groups is 2. The normalized spacial score (nSPS) is 11.7. The molecule has 0 spiro atoms. The van der Waals surface area contributed by atoms with Crippen LogP contribution in [0.1, 0.15) is 18.9 Å². The summed E-state index contributed by atoms with van der Waals surface area (Å²) in [6.45, 7) is 2.14. The van der Waals surface area contributed by atoms with Crippen molar-refractivity contribution in [3.63, 3.8) is 0 Å². The van der Waals surface area contributed by atoms with Crippen LogP contribution in [0, 0.1) is 0 Å². The van der Waals surface area contributed by atoms with E-state index >= 15 is 0 Å². The van der Waals surface area contributed by atoms with Gasteiger partial charge in [0.2, 0.25) is 0 Å². The van der Waals surface area contributed by atoms with E-state index in [0.29, 0.717) is 5.75 Å². The van der Waals surface area contributed by atoms with Gasteiger partial charge >= 0.3 is 12.1 Å². The fraction of sp³-hybridized carbons (Fsp3) is 0.429. The molecule has 0 aliphatic heterocycles. The standard InChI is InChI=1S/C14H19NO4S/c1-2-8-20-10-12(13(16)17)15-14(18)19-9-11-6-4-3-5-7-11/h3-7,12H,2,8-10H2,1H3,(H,15,18)(H,16,17). The molecule has 0 aromatic heterocycles. The molecule has 1 aromatic rings. The lowest BCUT2D eigenvalue weighted by Crippen LogP contribution is -2.42. The number of nitrogens with one attached hydrogen (secondary N) is 1. The Hall–Kier alpha value is -1.69. The number of aliphatic carboxylic acids is 1. The van der Waals surface area contributed by atoms with Crippen LogP contribution in [0.5, 0.6) is 0 Å². The number of rotatable bonds is 8. The van der Waals surface area contributed by atoms with Crippen molar-refractivity contribution < 1.29 is 19.4 Å². The van der Waals surface area contributed by atoms with E-state index in [-0.39, 0.29) is 6.61 Å². The molecular weight excluding hydrogens is 278 g/mol. The fourth-order valence-corrected chi connectivity index (χ4v) is 2.34. The van der Waals surface area contributed by atoms with Gasteiger partial charge in [-0.1, -0.05) is 37.3 Å². The number of alkyl carbamates (subject to hydrolysis) is 1. The Morgan fingerprint density at radius 1 is 1.35 bits per heavy atom. The summed E-state index contributed by atoms with van der Waals surface area (Å²) in [6.07, 6.45) is 0.258. The SMILES string of the molecule is CCCSCC(NC(=O)OCc1ccccc1)C(=O)O. The molecule has 0 aliphatic rings. The first-order valence-corrected chi connectivity index (χ1v) is 7.56. The second-order valence-electron chi connectivity index (χ2n) is 4.17. The molecule has 0 bridgehead atoms. The molecule has 1 atom stereocenters. The van der Waals surface area contributed by atoms with Gasteiger partial charge in [-0.05, 0) is 17.7 Å². The van der Waals surface area contributed by atoms with Crippen LogP contribution in [0.3, 0.4) is 0 Å². The lowest BCUT2D eigenvalue weighted by molar-refractivity contribution is -0.138. The third kappa shape index (κ3) is 6.47. The van der Waals surface area contributed by atoms with Crippen molar-refractivity contribution in [2.24, 2.45) is 0 Å². The molecule has 1 amide bonds. The molecule has 1 rings (SSSR count). The molecule has 20 heavy (non-hydrogen) atoms. The van der Waals surface area contributed by atoms with E-state index in [1.165, 1.54) is 11.8 Å². The van der Waals surface area contributed by atoms with Crippen LogP contribution in [0.25, 0.3) is 0 Å². The van der Waals surface area contributed by atoms with Crippen LogP contribution >= 0.6 is 11.8 Å². The number of carboxylic acid groups (broad SMARTS) is 1. The molecule has 5 nitrogen and oxygen atoms in total. The Morgan fingerprint density at radius 2 is 2.05 bits per heavy atom. The number of carboxylic acids is 1. The predicted molar refractivity (Wildman–Crippen MR) is 78.8 cm³/mol. The van der Waals surface area contributed by atoms with Crippen LogP contribution in [0.2, 0.25) is 0 Å². The summed E-state index contributed by atoms with van der Waals surface area (Å²) in [5.41, 5.74) is 0.856. The second kappa shape index (κ2) is 9.25. The highest BCUT2D eigenvalue weighted by Crippen LogP contribution is 2.06. The monoisotopic (exact) mass is 297 g/mol. The minimum Gasteiger partial charge on any atom is -0.480 e. The fourth-order valence-electron chi connectivity index (χ4n) is 1.43. The number of ether oxygens (including phenoxy) is 1. The van der Waals surface area contributed by atoms with Crippen molar-refractivity contribution in [1.29, 1.82) is 0 Å². The van der Waals surface area contributed by atoms with E-state index in [2.05, 4.69) is 5.32 Å². The molecule has 1 unspecified atom stereocenters. The summed E-state index contributed by atoms with van der Waals surface area (Å²) in [4.78, 5) is 22.6. The van der Waals surface area contributed by atoms with E-state index in [0.717, 1.165) is 17.7 Å². The zero-order chi connectivity index (χ0) is 14.8. The van der Waals surface area contributed by atoms with Gasteiger partial charge < -0.3 is 15.2 Å². The Bertz CT molecular complexity index is 424. The van der Waals surface area contributed by atoms with Gasteiger partial charge in [0.15, 0.2) is 0 Å². The third-order valence-electron chi connectivity index (χ3n) is 2.44. The van der Waals surface area contributed by atoms with Crippen molar-refractivity contribution >= 4 is 23.8 Å². The number of hydrogen-bond donors (Lipinski definition) is 2. The average molecular weight is 297 g/mol. The maximum atomic E-state index is 11.6. The minimum absolute atomic E-state index is 0.126. The van der Waals surface area contributed by atoms with Crippen LogP contribution in [-0.2, 0) is 16.1 Å². The maximum Gasteiger partial charge on any atom is 0.408 e. The van der Waals surface area contributed by atoms with E-state index in [9.17, 15) is 9.59 Å². The quantitative estimate of drug-likeness (QED) is 0.721. The molecule has 1 aromatic carbocycles. The predicted octanol–water partition coefficient (Wildman–Crippen LogP) is 2.51. The summed E-state index contributed by atoms with van der Waals surface area (Å²) >= 11 is 1.50. The summed E-state index contributed by atoms with van der Waals surface area (Å²) in [7, 11) is 0. The van der Waals surface area contributed by atoms with E-state index in [1.807, 2.05) is 37.3 Å². The van der Waals surface area contributed by atoms with Crippen molar-refractivity contribution in [3.05, 3.63) is 35.9 Å². The molecule has 0 radical (unpaired) electrons. The third-order valence-corrected chi connectivity index (χ3v) is 3.70. The molecule has 0 heterocycles. The number of hydrogen-bond acceptors (Lipinski definition) is 4.